The molecule has 28 heavy (non-hydrogen) atoms. The molecule has 1 aromatic heterocycles. The molecule has 6 nitrogen and oxygen atoms in total. The molecule has 0 aliphatic rings. The first-order valence-electron chi connectivity index (χ1n) is 8.45. The second kappa shape index (κ2) is 8.37. The van der Waals surface area contributed by atoms with Crippen LogP contribution < -0.4 is 11.5 Å². The third-order valence-electron chi connectivity index (χ3n) is 3.77. The fraction of sp³-hybridized carbons (Fsp3) is 0.0952. The van der Waals surface area contributed by atoms with E-state index >= 15 is 0 Å². The first kappa shape index (κ1) is 19.1. The summed E-state index contributed by atoms with van der Waals surface area (Å²) in [5.74, 6) is 6.26. The van der Waals surface area contributed by atoms with Crippen molar-refractivity contribution in [3.05, 3.63) is 70.2 Å². The van der Waals surface area contributed by atoms with Gasteiger partial charge in [-0.2, -0.15) is 5.10 Å². The topological polar surface area (TPSA) is 110 Å². The second-order valence-electron chi connectivity index (χ2n) is 6.02. The van der Waals surface area contributed by atoms with Crippen LogP contribution >= 0.6 is 11.3 Å². The van der Waals surface area contributed by atoms with Gasteiger partial charge in [-0.15, -0.1) is 16.4 Å². The van der Waals surface area contributed by atoms with E-state index in [0.29, 0.717) is 5.71 Å². The monoisotopic (exact) mass is 389 g/mol. The standard InChI is InChI=1S/C21H19N5OS/c1-13-19(14(2)25-26-21(22)23)28-20(24-13)17-10-8-15(9-11-17)6-7-16-4-3-5-18(27)12-16/h3-5,8-12,27H,1-2H3,(H4,22,23,26)/b25-14+. The van der Waals surface area contributed by atoms with Crippen molar-refractivity contribution in [1.82, 2.24) is 4.98 Å². The van der Waals surface area contributed by atoms with Crippen LogP contribution in [0.3, 0.4) is 0 Å². The van der Waals surface area contributed by atoms with Gasteiger partial charge in [0.05, 0.1) is 16.3 Å². The number of guanidine groups is 1. The molecule has 0 spiro atoms. The van der Waals surface area contributed by atoms with Crippen LogP contribution in [0, 0.1) is 18.8 Å². The lowest BCUT2D eigenvalue weighted by molar-refractivity contribution is 0.475. The summed E-state index contributed by atoms with van der Waals surface area (Å²) in [6, 6.07) is 14.7. The SMILES string of the molecule is C/C(=N\N=C(N)N)c1sc(-c2ccc(C#Cc3cccc(O)c3)cc2)nc1C. The van der Waals surface area contributed by atoms with Crippen molar-refractivity contribution in [1.29, 1.82) is 0 Å². The van der Waals surface area contributed by atoms with E-state index in [1.807, 2.05) is 44.2 Å². The maximum absolute atomic E-state index is 9.50. The van der Waals surface area contributed by atoms with Crippen LogP contribution in [-0.4, -0.2) is 21.8 Å². The van der Waals surface area contributed by atoms with Gasteiger partial charge in [-0.05, 0) is 44.2 Å². The quantitative estimate of drug-likeness (QED) is 0.276. The normalized spacial score (nSPS) is 10.9. The molecule has 5 N–H and O–H groups in total. The van der Waals surface area contributed by atoms with Gasteiger partial charge in [0, 0.05) is 16.7 Å². The molecule has 2 aromatic carbocycles. The maximum Gasteiger partial charge on any atom is 0.211 e. The lowest BCUT2D eigenvalue weighted by Crippen LogP contribution is -2.22. The molecule has 0 saturated heterocycles. The minimum atomic E-state index is -0.0795. The highest BCUT2D eigenvalue weighted by Crippen LogP contribution is 2.28. The van der Waals surface area contributed by atoms with Gasteiger partial charge >= 0.3 is 0 Å². The number of aromatic hydroxyl groups is 1. The van der Waals surface area contributed by atoms with E-state index in [1.165, 1.54) is 11.3 Å². The Labute approximate surface area is 167 Å². The molecular weight excluding hydrogens is 370 g/mol. The van der Waals surface area contributed by atoms with Crippen molar-refractivity contribution in [2.24, 2.45) is 21.7 Å². The zero-order chi connectivity index (χ0) is 20.1. The van der Waals surface area contributed by atoms with Gasteiger partial charge in [-0.3, -0.25) is 0 Å². The van der Waals surface area contributed by atoms with Crippen molar-refractivity contribution in [3.63, 3.8) is 0 Å². The Hall–Kier alpha value is -3.63. The van der Waals surface area contributed by atoms with Crippen molar-refractivity contribution in [2.45, 2.75) is 13.8 Å². The number of nitrogens with two attached hydrogens (primary N) is 2. The molecule has 0 amide bonds. The van der Waals surface area contributed by atoms with E-state index in [2.05, 4.69) is 27.0 Å². The van der Waals surface area contributed by atoms with Crippen molar-refractivity contribution >= 4 is 23.0 Å². The Morgan fingerprint density at radius 3 is 2.43 bits per heavy atom. The number of rotatable bonds is 3. The molecule has 0 atom stereocenters. The minimum absolute atomic E-state index is 0.0795. The summed E-state index contributed by atoms with van der Waals surface area (Å²) in [6.45, 7) is 3.77. The number of benzene rings is 2. The number of nitrogens with zero attached hydrogens (tertiary/aromatic N) is 3. The molecular formula is C21H19N5OS. The number of aromatic nitrogens is 1. The van der Waals surface area contributed by atoms with Crippen LogP contribution in [-0.2, 0) is 0 Å². The number of phenolic OH excluding ortho intramolecular Hbond substituents is 1. The average Bonchev–Trinajstić information content (AvgIpc) is 3.07. The molecule has 1 heterocycles. The predicted octanol–water partition coefficient (Wildman–Crippen LogP) is 3.22. The lowest BCUT2D eigenvalue weighted by atomic mass is 10.1. The molecule has 0 saturated carbocycles. The maximum atomic E-state index is 9.50. The zero-order valence-corrected chi connectivity index (χ0v) is 16.3. The van der Waals surface area contributed by atoms with Gasteiger partial charge in [0.1, 0.15) is 10.8 Å². The molecule has 7 heteroatoms. The molecule has 3 rings (SSSR count). The molecule has 0 bridgehead atoms. The Morgan fingerprint density at radius 1 is 1.04 bits per heavy atom. The van der Waals surface area contributed by atoms with Crippen LogP contribution in [0.15, 0.2) is 58.7 Å². The molecule has 0 aliphatic carbocycles. The Bertz CT molecular complexity index is 1110. The van der Waals surface area contributed by atoms with E-state index < -0.39 is 0 Å². The summed E-state index contributed by atoms with van der Waals surface area (Å²) >= 11 is 1.53. The summed E-state index contributed by atoms with van der Waals surface area (Å²) in [4.78, 5) is 5.56. The molecule has 140 valence electrons. The minimum Gasteiger partial charge on any atom is -0.508 e. The number of hydrogen-bond donors (Lipinski definition) is 3. The van der Waals surface area contributed by atoms with E-state index in [1.54, 1.807) is 18.2 Å². The number of hydrogen-bond acceptors (Lipinski definition) is 5. The predicted molar refractivity (Wildman–Crippen MR) is 114 cm³/mol. The number of phenols is 1. The number of aryl methyl sites for hydroxylation is 1. The Morgan fingerprint density at radius 2 is 1.75 bits per heavy atom. The van der Waals surface area contributed by atoms with Gasteiger partial charge in [0.15, 0.2) is 0 Å². The smallest absolute Gasteiger partial charge is 0.211 e. The molecule has 0 fully saturated rings. The summed E-state index contributed by atoms with van der Waals surface area (Å²) in [7, 11) is 0. The third-order valence-corrected chi connectivity index (χ3v) is 5.09. The summed E-state index contributed by atoms with van der Waals surface area (Å²) in [6.07, 6.45) is 0. The van der Waals surface area contributed by atoms with Crippen molar-refractivity contribution in [2.75, 3.05) is 0 Å². The van der Waals surface area contributed by atoms with Gasteiger partial charge in [-0.25, -0.2) is 4.98 Å². The van der Waals surface area contributed by atoms with Gasteiger partial charge < -0.3 is 16.6 Å². The lowest BCUT2D eigenvalue weighted by Gasteiger charge is -1.97. The first-order chi connectivity index (χ1) is 13.4. The van der Waals surface area contributed by atoms with Gasteiger partial charge in [0.2, 0.25) is 5.96 Å². The zero-order valence-electron chi connectivity index (χ0n) is 15.5. The highest BCUT2D eigenvalue weighted by atomic mass is 32.1. The third kappa shape index (κ3) is 4.75. The van der Waals surface area contributed by atoms with E-state index in [0.717, 1.165) is 32.3 Å². The summed E-state index contributed by atoms with van der Waals surface area (Å²) in [5, 5.41) is 18.1. The fourth-order valence-corrected chi connectivity index (χ4v) is 3.47. The number of thiazole rings is 1. The molecule has 3 aromatic rings. The van der Waals surface area contributed by atoms with Gasteiger partial charge in [0.25, 0.3) is 0 Å². The van der Waals surface area contributed by atoms with Crippen LogP contribution in [0.4, 0.5) is 0 Å². The average molecular weight is 389 g/mol. The van der Waals surface area contributed by atoms with Crippen LogP contribution in [0.5, 0.6) is 5.75 Å². The van der Waals surface area contributed by atoms with Gasteiger partial charge in [-0.1, -0.05) is 30.0 Å². The second-order valence-corrected chi connectivity index (χ2v) is 7.02. The summed E-state index contributed by atoms with van der Waals surface area (Å²) in [5.41, 5.74) is 14.9. The Balaban J connectivity index is 1.82. The first-order valence-corrected chi connectivity index (χ1v) is 9.26. The largest absolute Gasteiger partial charge is 0.508 e. The van der Waals surface area contributed by atoms with Crippen LogP contribution in [0.25, 0.3) is 10.6 Å². The van der Waals surface area contributed by atoms with E-state index in [4.69, 9.17) is 11.5 Å². The van der Waals surface area contributed by atoms with E-state index in [9.17, 15) is 5.11 Å². The Kier molecular flexibility index (Phi) is 5.72. The van der Waals surface area contributed by atoms with Crippen molar-refractivity contribution < 1.29 is 5.11 Å². The molecule has 0 unspecified atom stereocenters. The highest BCUT2D eigenvalue weighted by molar-refractivity contribution is 7.17. The van der Waals surface area contributed by atoms with Crippen LogP contribution in [0.2, 0.25) is 0 Å². The molecule has 0 radical (unpaired) electrons. The van der Waals surface area contributed by atoms with E-state index in [-0.39, 0.29) is 11.7 Å². The fourth-order valence-electron chi connectivity index (χ4n) is 2.46. The van der Waals surface area contributed by atoms with Crippen LogP contribution in [0.1, 0.15) is 28.6 Å². The summed E-state index contributed by atoms with van der Waals surface area (Å²) < 4.78 is 0. The molecule has 0 aliphatic heterocycles. The van der Waals surface area contributed by atoms with Crippen molar-refractivity contribution in [3.8, 4) is 28.2 Å². The highest BCUT2D eigenvalue weighted by Gasteiger charge is 2.12.